The summed E-state index contributed by atoms with van der Waals surface area (Å²) in [5, 5.41) is 14.5. The molecular formula is C14H28N2O3S. The smallest absolute Gasteiger partial charge is 0.315 e. The van der Waals surface area contributed by atoms with Gasteiger partial charge in [-0.1, -0.05) is 20.8 Å². The summed E-state index contributed by atoms with van der Waals surface area (Å²) in [4.78, 5) is 22.3. The van der Waals surface area contributed by atoms with Gasteiger partial charge < -0.3 is 15.7 Å². The zero-order valence-electron chi connectivity index (χ0n) is 13.0. The molecule has 1 atom stereocenters. The summed E-state index contributed by atoms with van der Waals surface area (Å²) in [6.45, 7) is 6.67. The number of rotatable bonds is 10. The minimum Gasteiger partial charge on any atom is -0.481 e. The predicted molar refractivity (Wildman–Crippen MR) is 84.3 cm³/mol. The molecule has 118 valence electrons. The third-order valence-corrected chi connectivity index (χ3v) is 4.03. The first kappa shape index (κ1) is 19.1. The highest BCUT2D eigenvalue weighted by atomic mass is 32.2. The van der Waals surface area contributed by atoms with Crippen molar-refractivity contribution in [1.82, 2.24) is 10.6 Å². The highest BCUT2D eigenvalue weighted by Crippen LogP contribution is 2.25. The number of hydrogen-bond acceptors (Lipinski definition) is 3. The molecule has 0 bridgehead atoms. The van der Waals surface area contributed by atoms with Gasteiger partial charge in [-0.05, 0) is 30.9 Å². The Labute approximate surface area is 126 Å². The molecule has 0 aromatic rings. The Morgan fingerprint density at radius 1 is 1.30 bits per heavy atom. The van der Waals surface area contributed by atoms with Crippen molar-refractivity contribution in [3.63, 3.8) is 0 Å². The predicted octanol–water partition coefficient (Wildman–Crippen LogP) is 2.71. The highest BCUT2D eigenvalue weighted by molar-refractivity contribution is 7.98. The number of thioether (sulfide) groups is 1. The van der Waals surface area contributed by atoms with Crippen LogP contribution in [0.3, 0.4) is 0 Å². The van der Waals surface area contributed by atoms with E-state index >= 15 is 0 Å². The summed E-state index contributed by atoms with van der Waals surface area (Å²) >= 11 is 1.72. The first-order chi connectivity index (χ1) is 9.30. The molecule has 0 aliphatic carbocycles. The Balaban J connectivity index is 3.92. The van der Waals surface area contributed by atoms with Crippen LogP contribution < -0.4 is 10.6 Å². The van der Waals surface area contributed by atoms with Crippen molar-refractivity contribution in [2.24, 2.45) is 5.41 Å². The van der Waals surface area contributed by atoms with Gasteiger partial charge in [0.2, 0.25) is 0 Å². The van der Waals surface area contributed by atoms with Gasteiger partial charge in [0.1, 0.15) is 0 Å². The molecule has 1 unspecified atom stereocenters. The lowest BCUT2D eigenvalue weighted by molar-refractivity contribution is -0.137. The van der Waals surface area contributed by atoms with E-state index in [1.54, 1.807) is 11.8 Å². The van der Waals surface area contributed by atoms with Crippen molar-refractivity contribution in [3.8, 4) is 0 Å². The quantitative estimate of drug-likeness (QED) is 0.580. The molecule has 5 nitrogen and oxygen atoms in total. The zero-order valence-corrected chi connectivity index (χ0v) is 13.8. The zero-order chi connectivity index (χ0) is 15.6. The normalized spacial score (nSPS) is 12.8. The van der Waals surface area contributed by atoms with Gasteiger partial charge in [-0.15, -0.1) is 0 Å². The Bertz CT molecular complexity index is 309. The van der Waals surface area contributed by atoms with Gasteiger partial charge in [0.25, 0.3) is 0 Å². The van der Waals surface area contributed by atoms with Gasteiger partial charge in [-0.25, -0.2) is 4.79 Å². The summed E-state index contributed by atoms with van der Waals surface area (Å²) in [6, 6.07) is 0.0601. The monoisotopic (exact) mass is 304 g/mol. The lowest BCUT2D eigenvalue weighted by Gasteiger charge is -2.24. The minimum atomic E-state index is -0.772. The van der Waals surface area contributed by atoms with Crippen molar-refractivity contribution >= 4 is 23.8 Å². The summed E-state index contributed by atoms with van der Waals surface area (Å²) in [5.41, 5.74) is -0.0743. The van der Waals surface area contributed by atoms with Crippen LogP contribution in [0.25, 0.3) is 0 Å². The molecule has 0 radical (unpaired) electrons. The van der Waals surface area contributed by atoms with Crippen LogP contribution in [0.5, 0.6) is 0 Å². The largest absolute Gasteiger partial charge is 0.481 e. The first-order valence-electron chi connectivity index (χ1n) is 7.06. The van der Waals surface area contributed by atoms with Crippen molar-refractivity contribution in [3.05, 3.63) is 0 Å². The number of nitrogens with one attached hydrogen (secondary N) is 2. The number of amides is 2. The van der Waals surface area contributed by atoms with Crippen LogP contribution in [0.15, 0.2) is 0 Å². The van der Waals surface area contributed by atoms with E-state index in [4.69, 9.17) is 5.11 Å². The maximum absolute atomic E-state index is 11.7. The van der Waals surface area contributed by atoms with Crippen LogP contribution >= 0.6 is 11.8 Å². The highest BCUT2D eigenvalue weighted by Gasteiger charge is 2.19. The molecular weight excluding hydrogens is 276 g/mol. The van der Waals surface area contributed by atoms with E-state index < -0.39 is 5.97 Å². The fourth-order valence-electron chi connectivity index (χ4n) is 1.78. The van der Waals surface area contributed by atoms with E-state index in [-0.39, 0.29) is 23.9 Å². The lowest BCUT2D eigenvalue weighted by atomic mass is 9.84. The third-order valence-electron chi connectivity index (χ3n) is 3.30. The van der Waals surface area contributed by atoms with Crippen LogP contribution in [0.1, 0.15) is 46.5 Å². The van der Waals surface area contributed by atoms with Crippen LogP contribution in [-0.2, 0) is 4.79 Å². The van der Waals surface area contributed by atoms with Crippen molar-refractivity contribution in [2.75, 3.05) is 18.6 Å². The van der Waals surface area contributed by atoms with Gasteiger partial charge in [-0.3, -0.25) is 4.79 Å². The number of carbonyl (C=O) groups excluding carboxylic acids is 1. The lowest BCUT2D eigenvalue weighted by Crippen LogP contribution is -2.43. The summed E-state index contributed by atoms with van der Waals surface area (Å²) in [7, 11) is 0. The Morgan fingerprint density at radius 2 is 1.95 bits per heavy atom. The van der Waals surface area contributed by atoms with Gasteiger partial charge >= 0.3 is 12.0 Å². The second-order valence-electron chi connectivity index (χ2n) is 5.77. The van der Waals surface area contributed by atoms with Crippen LogP contribution in [-0.4, -0.2) is 41.7 Å². The van der Waals surface area contributed by atoms with Gasteiger partial charge in [0.05, 0.1) is 0 Å². The summed E-state index contributed by atoms with van der Waals surface area (Å²) in [5.74, 6) is 0.139. The van der Waals surface area contributed by atoms with E-state index in [1.807, 2.05) is 20.1 Å². The van der Waals surface area contributed by atoms with E-state index in [1.165, 1.54) is 0 Å². The average Bonchev–Trinajstić information content (AvgIpc) is 2.35. The Kier molecular flexibility index (Phi) is 9.46. The van der Waals surface area contributed by atoms with Crippen molar-refractivity contribution in [2.45, 2.75) is 52.5 Å². The number of carboxylic acids is 1. The molecule has 0 heterocycles. The van der Waals surface area contributed by atoms with Gasteiger partial charge in [0, 0.05) is 24.8 Å². The fourth-order valence-corrected chi connectivity index (χ4v) is 2.51. The first-order valence-corrected chi connectivity index (χ1v) is 8.45. The number of carbonyl (C=O) groups is 2. The molecule has 0 saturated heterocycles. The molecule has 20 heavy (non-hydrogen) atoms. The van der Waals surface area contributed by atoms with E-state index in [2.05, 4.69) is 17.6 Å². The second-order valence-corrected chi connectivity index (χ2v) is 6.68. The molecule has 0 aliphatic heterocycles. The molecule has 0 rings (SSSR count). The molecule has 6 heteroatoms. The number of hydrogen-bond donors (Lipinski definition) is 3. The van der Waals surface area contributed by atoms with E-state index in [0.717, 1.165) is 18.6 Å². The van der Waals surface area contributed by atoms with E-state index in [0.29, 0.717) is 13.0 Å². The Hall–Kier alpha value is -0.910. The van der Waals surface area contributed by atoms with Crippen LogP contribution in [0.4, 0.5) is 4.79 Å². The molecule has 0 aromatic heterocycles. The molecule has 0 aromatic carbocycles. The number of urea groups is 1. The summed E-state index contributed by atoms with van der Waals surface area (Å²) < 4.78 is 0. The SMILES string of the molecule is CCC(CSC)NC(=O)NCCC(C)(C)CCC(=O)O. The number of carboxylic acid groups (broad SMARTS) is 1. The van der Waals surface area contributed by atoms with Gasteiger partial charge in [-0.2, -0.15) is 11.8 Å². The molecule has 0 fully saturated rings. The maximum atomic E-state index is 11.7. The minimum absolute atomic E-state index is 0.0743. The molecule has 0 saturated carbocycles. The van der Waals surface area contributed by atoms with Crippen molar-refractivity contribution in [1.29, 1.82) is 0 Å². The van der Waals surface area contributed by atoms with Gasteiger partial charge in [0.15, 0.2) is 0 Å². The number of aliphatic carboxylic acids is 1. The van der Waals surface area contributed by atoms with Crippen molar-refractivity contribution < 1.29 is 14.7 Å². The molecule has 2 amide bonds. The molecule has 3 N–H and O–H groups in total. The fraction of sp³-hybridized carbons (Fsp3) is 0.857. The molecule has 0 aliphatic rings. The molecule has 0 spiro atoms. The van der Waals surface area contributed by atoms with Crippen LogP contribution in [0, 0.1) is 5.41 Å². The second kappa shape index (κ2) is 9.91. The maximum Gasteiger partial charge on any atom is 0.315 e. The standard InChI is InChI=1S/C14H28N2O3S/c1-5-11(10-20-4)16-13(19)15-9-8-14(2,3)7-6-12(17)18/h11H,5-10H2,1-4H3,(H,17,18)(H2,15,16,19). The summed E-state index contributed by atoms with van der Waals surface area (Å²) in [6.07, 6.45) is 4.50. The van der Waals surface area contributed by atoms with E-state index in [9.17, 15) is 9.59 Å². The average molecular weight is 304 g/mol. The Morgan fingerprint density at radius 3 is 2.45 bits per heavy atom. The topological polar surface area (TPSA) is 78.4 Å². The van der Waals surface area contributed by atoms with Crippen LogP contribution in [0.2, 0.25) is 0 Å². The third kappa shape index (κ3) is 9.95.